The fraction of sp³-hybridized carbons (Fsp3) is 0.800. The quantitative estimate of drug-likeness (QED) is 0.803. The van der Waals surface area contributed by atoms with E-state index in [9.17, 15) is 18.0 Å². The first-order chi connectivity index (χ1) is 10.9. The summed E-state index contributed by atoms with van der Waals surface area (Å²) in [5, 5.41) is 8.39. The molecule has 1 N–H and O–H groups in total. The highest BCUT2D eigenvalue weighted by Gasteiger charge is 2.37. The normalized spacial score (nSPS) is 28.9. The number of hydrazone groups is 1. The fourth-order valence-electron chi connectivity index (χ4n) is 3.34. The van der Waals surface area contributed by atoms with Crippen molar-refractivity contribution >= 4 is 27.4 Å². The van der Waals surface area contributed by atoms with E-state index < -0.39 is 15.9 Å². The Labute approximate surface area is 136 Å². The summed E-state index contributed by atoms with van der Waals surface area (Å²) in [5.74, 6) is 0.117. The number of amides is 2. The van der Waals surface area contributed by atoms with Crippen molar-refractivity contribution in [3.63, 3.8) is 0 Å². The van der Waals surface area contributed by atoms with Crippen LogP contribution in [0.5, 0.6) is 0 Å². The summed E-state index contributed by atoms with van der Waals surface area (Å²) in [6.45, 7) is 2.00. The van der Waals surface area contributed by atoms with E-state index in [0.29, 0.717) is 24.5 Å². The van der Waals surface area contributed by atoms with Crippen LogP contribution in [0.15, 0.2) is 5.10 Å². The minimum Gasteiger partial charge on any atom is -0.348 e. The Morgan fingerprint density at radius 2 is 2.04 bits per heavy atom. The molecular weight excluding hydrogens is 318 g/mol. The van der Waals surface area contributed by atoms with Crippen LogP contribution in [0.2, 0.25) is 0 Å². The lowest BCUT2D eigenvalue weighted by atomic mass is 9.80. The molecule has 3 rings (SSSR count). The molecule has 1 aliphatic carbocycles. The second-order valence-electron chi connectivity index (χ2n) is 6.79. The molecule has 23 heavy (non-hydrogen) atoms. The molecule has 0 aromatic carbocycles. The SMILES string of the molecule is C[C@H](NC(=O)C1=NN([C@H]2CCS(=O)(=O)C2)C(=O)CC1)C1CCC1. The van der Waals surface area contributed by atoms with Gasteiger partial charge in [-0.15, -0.1) is 0 Å². The lowest BCUT2D eigenvalue weighted by Gasteiger charge is -2.32. The molecule has 0 unspecified atom stereocenters. The maximum absolute atomic E-state index is 12.3. The van der Waals surface area contributed by atoms with Gasteiger partial charge in [-0.3, -0.25) is 9.59 Å². The van der Waals surface area contributed by atoms with Crippen molar-refractivity contribution in [2.75, 3.05) is 11.5 Å². The maximum atomic E-state index is 12.3. The molecule has 128 valence electrons. The van der Waals surface area contributed by atoms with Crippen LogP contribution in [-0.2, 0) is 19.4 Å². The Morgan fingerprint density at radius 1 is 1.30 bits per heavy atom. The van der Waals surface area contributed by atoms with Crippen LogP contribution >= 0.6 is 0 Å². The molecule has 2 amide bonds. The standard InChI is InChI=1S/C15H23N3O4S/c1-10(11-3-2-4-11)16-15(20)13-5-6-14(19)18(17-13)12-7-8-23(21,22)9-12/h10-12H,2-9H2,1H3,(H,16,20)/t10-,12-/m0/s1. The molecule has 2 atom stereocenters. The van der Waals surface area contributed by atoms with Gasteiger partial charge in [0.05, 0.1) is 17.5 Å². The molecule has 1 saturated carbocycles. The monoisotopic (exact) mass is 341 g/mol. The molecule has 0 spiro atoms. The Morgan fingerprint density at radius 3 is 2.61 bits per heavy atom. The predicted octanol–water partition coefficient (Wildman–Crippen LogP) is 0.457. The first kappa shape index (κ1) is 16.4. The highest BCUT2D eigenvalue weighted by Crippen LogP contribution is 2.29. The van der Waals surface area contributed by atoms with Crippen LogP contribution in [0.3, 0.4) is 0 Å². The van der Waals surface area contributed by atoms with Gasteiger partial charge in [0.1, 0.15) is 5.71 Å². The third-order valence-corrected chi connectivity index (χ3v) is 6.84. The van der Waals surface area contributed by atoms with Gasteiger partial charge in [-0.25, -0.2) is 13.4 Å². The summed E-state index contributed by atoms with van der Waals surface area (Å²) in [6, 6.07) is -0.323. The van der Waals surface area contributed by atoms with Crippen molar-refractivity contribution in [2.24, 2.45) is 11.0 Å². The molecule has 8 heteroatoms. The minimum atomic E-state index is -3.10. The Kier molecular flexibility index (Phi) is 4.44. The second kappa shape index (κ2) is 6.22. The van der Waals surface area contributed by atoms with Crippen LogP contribution < -0.4 is 5.32 Å². The minimum absolute atomic E-state index is 0.0599. The molecular formula is C15H23N3O4S. The lowest BCUT2D eigenvalue weighted by molar-refractivity contribution is -0.133. The predicted molar refractivity (Wildman–Crippen MR) is 85.5 cm³/mol. The summed E-state index contributed by atoms with van der Waals surface area (Å²) in [6.07, 6.45) is 4.41. The van der Waals surface area contributed by atoms with E-state index in [0.717, 1.165) is 12.8 Å². The molecule has 1 saturated heterocycles. The maximum Gasteiger partial charge on any atom is 0.267 e. The van der Waals surface area contributed by atoms with Gasteiger partial charge in [0.25, 0.3) is 5.91 Å². The highest BCUT2D eigenvalue weighted by molar-refractivity contribution is 7.91. The number of hydrogen-bond donors (Lipinski definition) is 1. The first-order valence-corrected chi connectivity index (χ1v) is 10.1. The van der Waals surface area contributed by atoms with Gasteiger partial charge in [0.2, 0.25) is 5.91 Å². The average Bonchev–Trinajstić information content (AvgIpc) is 2.77. The van der Waals surface area contributed by atoms with Gasteiger partial charge < -0.3 is 5.32 Å². The van der Waals surface area contributed by atoms with Crippen molar-refractivity contribution < 1.29 is 18.0 Å². The van der Waals surface area contributed by atoms with Crippen molar-refractivity contribution in [1.82, 2.24) is 10.3 Å². The van der Waals surface area contributed by atoms with Crippen molar-refractivity contribution in [1.29, 1.82) is 0 Å². The van der Waals surface area contributed by atoms with Gasteiger partial charge in [-0.1, -0.05) is 6.42 Å². The molecule has 0 radical (unpaired) electrons. The Balaban J connectivity index is 1.68. The fourth-order valence-corrected chi connectivity index (χ4v) is 5.03. The molecule has 3 aliphatic rings. The Bertz CT molecular complexity index is 639. The first-order valence-electron chi connectivity index (χ1n) is 8.26. The van der Waals surface area contributed by atoms with Crippen molar-refractivity contribution in [2.45, 2.75) is 57.5 Å². The van der Waals surface area contributed by atoms with E-state index >= 15 is 0 Å². The molecule has 2 fully saturated rings. The summed E-state index contributed by atoms with van der Waals surface area (Å²) < 4.78 is 23.2. The van der Waals surface area contributed by atoms with Gasteiger partial charge >= 0.3 is 0 Å². The molecule has 2 aliphatic heterocycles. The summed E-state index contributed by atoms with van der Waals surface area (Å²) in [7, 11) is -3.10. The molecule has 0 aromatic rings. The highest BCUT2D eigenvalue weighted by atomic mass is 32.2. The number of carbonyl (C=O) groups excluding carboxylic acids is 2. The van der Waals surface area contributed by atoms with E-state index in [4.69, 9.17) is 0 Å². The van der Waals surface area contributed by atoms with Gasteiger partial charge in [-0.05, 0) is 32.1 Å². The van der Waals surface area contributed by atoms with Crippen LogP contribution in [0.25, 0.3) is 0 Å². The third kappa shape index (κ3) is 3.57. The van der Waals surface area contributed by atoms with Gasteiger partial charge in [0, 0.05) is 18.9 Å². The van der Waals surface area contributed by atoms with Gasteiger partial charge in [0.15, 0.2) is 9.84 Å². The topological polar surface area (TPSA) is 95.9 Å². The zero-order valence-electron chi connectivity index (χ0n) is 13.3. The van der Waals surface area contributed by atoms with Crippen molar-refractivity contribution in [3.05, 3.63) is 0 Å². The molecule has 0 bridgehead atoms. The van der Waals surface area contributed by atoms with Gasteiger partial charge in [-0.2, -0.15) is 5.10 Å². The summed E-state index contributed by atoms with van der Waals surface area (Å²) in [5.41, 5.74) is 0.333. The van der Waals surface area contributed by atoms with E-state index in [1.807, 2.05) is 6.92 Å². The number of nitrogens with one attached hydrogen (secondary N) is 1. The number of nitrogens with zero attached hydrogens (tertiary/aromatic N) is 2. The van der Waals surface area contributed by atoms with Crippen LogP contribution in [-0.4, -0.2) is 54.5 Å². The average molecular weight is 341 g/mol. The van der Waals surface area contributed by atoms with E-state index in [-0.39, 0.29) is 35.8 Å². The van der Waals surface area contributed by atoms with E-state index in [1.54, 1.807) is 0 Å². The van der Waals surface area contributed by atoms with Crippen LogP contribution in [0.1, 0.15) is 45.4 Å². The summed E-state index contributed by atoms with van der Waals surface area (Å²) >= 11 is 0. The van der Waals surface area contributed by atoms with E-state index in [2.05, 4.69) is 10.4 Å². The van der Waals surface area contributed by atoms with Crippen molar-refractivity contribution in [3.8, 4) is 0 Å². The van der Waals surface area contributed by atoms with Crippen LogP contribution in [0, 0.1) is 5.92 Å². The molecule has 2 heterocycles. The smallest absolute Gasteiger partial charge is 0.267 e. The molecule has 7 nitrogen and oxygen atoms in total. The van der Waals surface area contributed by atoms with Crippen LogP contribution in [0.4, 0.5) is 0 Å². The number of carbonyl (C=O) groups is 2. The molecule has 0 aromatic heterocycles. The number of hydrogen-bond acceptors (Lipinski definition) is 5. The number of rotatable bonds is 4. The largest absolute Gasteiger partial charge is 0.348 e. The summed E-state index contributed by atoms with van der Waals surface area (Å²) in [4.78, 5) is 24.4. The van der Waals surface area contributed by atoms with E-state index in [1.165, 1.54) is 11.4 Å². The Hall–Kier alpha value is -1.44. The zero-order valence-corrected chi connectivity index (χ0v) is 14.1. The number of sulfone groups is 1. The lowest BCUT2D eigenvalue weighted by Crippen LogP contribution is -2.47. The third-order valence-electron chi connectivity index (χ3n) is 5.09. The zero-order chi connectivity index (χ0) is 16.6. The second-order valence-corrected chi connectivity index (χ2v) is 9.02.